The van der Waals surface area contributed by atoms with Gasteiger partial charge in [0.25, 0.3) is 0 Å². The summed E-state index contributed by atoms with van der Waals surface area (Å²) in [5.74, 6) is -3.39. The Morgan fingerprint density at radius 1 is 0.812 bits per heavy atom. The molecule has 0 bridgehead atoms. The highest BCUT2D eigenvalue weighted by Gasteiger charge is 2.30. The first-order chi connectivity index (χ1) is 15.1. The molecule has 186 valence electrons. The van der Waals surface area contributed by atoms with Crippen molar-refractivity contribution in [3.05, 3.63) is 0 Å². The fourth-order valence-electron chi connectivity index (χ4n) is 2.74. The SMILES string of the molecule is CC(O)C(N)C(=O)NC(CCCCN)C(=O)NC(CCCCN)C(=O)NC(CS)C(=O)O. The second kappa shape index (κ2) is 16.7. The van der Waals surface area contributed by atoms with E-state index in [-0.39, 0.29) is 18.6 Å². The standard InChI is InChI=1S/C19H38N6O6S/c1-11(26)15(22)18(29)24-13(7-3-5-9-21)16(27)23-12(6-2-4-8-20)17(28)25-14(10-32)19(30)31/h11-15,26,32H,2-10,20-22H2,1H3,(H,23,27)(H,24,29)(H,25,28)(H,30,31). The van der Waals surface area contributed by atoms with Gasteiger partial charge in [0.2, 0.25) is 17.7 Å². The largest absolute Gasteiger partial charge is 0.480 e. The Morgan fingerprint density at radius 2 is 1.22 bits per heavy atom. The smallest absolute Gasteiger partial charge is 0.327 e. The molecule has 11 N–H and O–H groups in total. The van der Waals surface area contributed by atoms with E-state index in [4.69, 9.17) is 22.3 Å². The molecule has 0 radical (unpaired) electrons. The molecule has 12 nitrogen and oxygen atoms in total. The summed E-state index contributed by atoms with van der Waals surface area (Å²) in [6.45, 7) is 2.15. The molecular weight excluding hydrogens is 440 g/mol. The Morgan fingerprint density at radius 3 is 1.56 bits per heavy atom. The molecule has 5 atom stereocenters. The Hall–Kier alpha value is -1.93. The van der Waals surface area contributed by atoms with Gasteiger partial charge >= 0.3 is 5.97 Å². The molecule has 0 aromatic carbocycles. The van der Waals surface area contributed by atoms with Crippen LogP contribution in [0, 0.1) is 0 Å². The summed E-state index contributed by atoms with van der Waals surface area (Å²) in [6.07, 6.45) is 1.62. The number of carbonyl (C=O) groups is 4. The van der Waals surface area contributed by atoms with Crippen molar-refractivity contribution in [2.75, 3.05) is 18.8 Å². The van der Waals surface area contributed by atoms with Crippen molar-refractivity contribution in [1.29, 1.82) is 0 Å². The van der Waals surface area contributed by atoms with Gasteiger partial charge in [-0.3, -0.25) is 14.4 Å². The van der Waals surface area contributed by atoms with Gasteiger partial charge in [-0.1, -0.05) is 0 Å². The number of nitrogens with one attached hydrogen (secondary N) is 3. The molecule has 0 spiro atoms. The van der Waals surface area contributed by atoms with Crippen LogP contribution in [0.25, 0.3) is 0 Å². The molecule has 0 aliphatic heterocycles. The maximum atomic E-state index is 12.9. The van der Waals surface area contributed by atoms with Crippen LogP contribution in [0.3, 0.4) is 0 Å². The first-order valence-corrected chi connectivity index (χ1v) is 11.3. The van der Waals surface area contributed by atoms with Gasteiger partial charge in [0.15, 0.2) is 0 Å². The van der Waals surface area contributed by atoms with Gasteiger partial charge in [0, 0.05) is 5.75 Å². The first kappa shape index (κ1) is 30.1. The lowest BCUT2D eigenvalue weighted by atomic mass is 10.0. The van der Waals surface area contributed by atoms with Crippen molar-refractivity contribution in [3.63, 3.8) is 0 Å². The molecule has 0 saturated carbocycles. The Labute approximate surface area is 193 Å². The topological polar surface area (TPSA) is 223 Å². The maximum absolute atomic E-state index is 12.9. The van der Waals surface area contributed by atoms with Crippen LogP contribution in [-0.2, 0) is 19.2 Å². The zero-order valence-corrected chi connectivity index (χ0v) is 19.4. The minimum absolute atomic E-state index is 0.125. The van der Waals surface area contributed by atoms with Gasteiger partial charge in [-0.15, -0.1) is 0 Å². The normalized spacial score (nSPS) is 15.7. The molecule has 0 rings (SSSR count). The molecule has 0 aromatic heterocycles. The third-order valence-electron chi connectivity index (χ3n) is 4.78. The quantitative estimate of drug-likeness (QED) is 0.0789. The zero-order chi connectivity index (χ0) is 24.7. The molecule has 3 amide bonds. The molecule has 0 fully saturated rings. The fraction of sp³-hybridized carbons (Fsp3) is 0.789. The van der Waals surface area contributed by atoms with E-state index in [1.54, 1.807) is 0 Å². The summed E-state index contributed by atoms with van der Waals surface area (Å²) in [7, 11) is 0. The van der Waals surface area contributed by atoms with Crippen LogP contribution in [0.5, 0.6) is 0 Å². The highest BCUT2D eigenvalue weighted by molar-refractivity contribution is 7.80. The summed E-state index contributed by atoms with van der Waals surface area (Å²) >= 11 is 3.92. The van der Waals surface area contributed by atoms with Crippen molar-refractivity contribution < 1.29 is 29.4 Å². The van der Waals surface area contributed by atoms with Crippen LogP contribution in [0.4, 0.5) is 0 Å². The van der Waals surface area contributed by atoms with Crippen LogP contribution >= 0.6 is 12.6 Å². The number of rotatable bonds is 17. The number of carboxylic acid groups (broad SMARTS) is 1. The summed E-state index contributed by atoms with van der Waals surface area (Å²) in [5, 5.41) is 26.1. The number of thiol groups is 1. The van der Waals surface area contributed by atoms with Crippen molar-refractivity contribution in [3.8, 4) is 0 Å². The van der Waals surface area contributed by atoms with E-state index in [9.17, 15) is 24.3 Å². The Bertz CT molecular complexity index is 609. The van der Waals surface area contributed by atoms with E-state index >= 15 is 0 Å². The highest BCUT2D eigenvalue weighted by Crippen LogP contribution is 2.06. The number of unbranched alkanes of at least 4 members (excludes halogenated alkanes) is 2. The highest BCUT2D eigenvalue weighted by atomic mass is 32.1. The van der Waals surface area contributed by atoms with Crippen molar-refractivity contribution in [2.24, 2.45) is 17.2 Å². The van der Waals surface area contributed by atoms with Crippen LogP contribution in [0.15, 0.2) is 0 Å². The number of aliphatic carboxylic acids is 1. The van der Waals surface area contributed by atoms with Gasteiger partial charge in [0.05, 0.1) is 6.10 Å². The average Bonchev–Trinajstić information content (AvgIpc) is 2.74. The zero-order valence-electron chi connectivity index (χ0n) is 18.5. The minimum atomic E-state index is -1.25. The molecule has 0 heterocycles. The number of amides is 3. The van der Waals surface area contributed by atoms with Crippen molar-refractivity contribution in [2.45, 2.75) is 75.7 Å². The number of aliphatic hydroxyl groups is 1. The fourth-order valence-corrected chi connectivity index (χ4v) is 2.99. The van der Waals surface area contributed by atoms with E-state index in [1.807, 2.05) is 0 Å². The average molecular weight is 479 g/mol. The van der Waals surface area contributed by atoms with Gasteiger partial charge < -0.3 is 43.4 Å². The lowest BCUT2D eigenvalue weighted by molar-refractivity contribution is -0.141. The predicted octanol–water partition coefficient (Wildman–Crippen LogP) is -2.58. The second-order valence-electron chi connectivity index (χ2n) is 7.54. The van der Waals surface area contributed by atoms with Gasteiger partial charge in [-0.05, 0) is 58.5 Å². The van der Waals surface area contributed by atoms with Crippen LogP contribution < -0.4 is 33.2 Å². The second-order valence-corrected chi connectivity index (χ2v) is 7.90. The van der Waals surface area contributed by atoms with Crippen LogP contribution in [-0.4, -0.2) is 83.0 Å². The van der Waals surface area contributed by atoms with Crippen molar-refractivity contribution >= 4 is 36.3 Å². The number of hydrogen-bond acceptors (Lipinski definition) is 9. The molecule has 0 saturated heterocycles. The lowest BCUT2D eigenvalue weighted by Crippen LogP contribution is -2.58. The molecule has 0 aliphatic carbocycles. The molecular formula is C19H38N6O6S. The van der Waals surface area contributed by atoms with Crippen molar-refractivity contribution in [1.82, 2.24) is 16.0 Å². The van der Waals surface area contributed by atoms with Gasteiger partial charge in [-0.25, -0.2) is 4.79 Å². The number of carbonyl (C=O) groups excluding carboxylic acids is 3. The van der Waals surface area contributed by atoms with E-state index in [2.05, 4.69) is 28.6 Å². The molecule has 0 aromatic rings. The molecule has 13 heteroatoms. The third-order valence-corrected chi connectivity index (χ3v) is 5.14. The maximum Gasteiger partial charge on any atom is 0.327 e. The number of aliphatic hydroxyl groups excluding tert-OH is 1. The van der Waals surface area contributed by atoms with Gasteiger partial charge in [-0.2, -0.15) is 12.6 Å². The van der Waals surface area contributed by atoms with E-state index in [0.717, 1.165) is 0 Å². The lowest BCUT2D eigenvalue weighted by Gasteiger charge is -2.25. The molecule has 5 unspecified atom stereocenters. The Kier molecular flexibility index (Phi) is 15.7. The Balaban J connectivity index is 5.41. The number of carboxylic acids is 1. The third kappa shape index (κ3) is 11.6. The summed E-state index contributed by atoms with van der Waals surface area (Å²) in [4.78, 5) is 49.0. The summed E-state index contributed by atoms with van der Waals surface area (Å²) in [5.41, 5.74) is 16.6. The minimum Gasteiger partial charge on any atom is -0.480 e. The summed E-state index contributed by atoms with van der Waals surface area (Å²) < 4.78 is 0. The van der Waals surface area contributed by atoms with E-state index in [0.29, 0.717) is 38.8 Å². The monoisotopic (exact) mass is 478 g/mol. The van der Waals surface area contributed by atoms with Crippen LogP contribution in [0.2, 0.25) is 0 Å². The predicted molar refractivity (Wildman–Crippen MR) is 123 cm³/mol. The molecule has 32 heavy (non-hydrogen) atoms. The summed E-state index contributed by atoms with van der Waals surface area (Å²) in [6, 6.07) is -4.49. The molecule has 0 aliphatic rings. The first-order valence-electron chi connectivity index (χ1n) is 10.7. The number of hydrogen-bond donors (Lipinski definition) is 9. The number of nitrogens with two attached hydrogens (primary N) is 3. The van der Waals surface area contributed by atoms with Crippen LogP contribution in [0.1, 0.15) is 45.4 Å². The van der Waals surface area contributed by atoms with E-state index < -0.39 is 54.0 Å². The van der Waals surface area contributed by atoms with E-state index in [1.165, 1.54) is 6.92 Å². The van der Waals surface area contributed by atoms with Gasteiger partial charge in [0.1, 0.15) is 24.2 Å².